The van der Waals surface area contributed by atoms with Crippen LogP contribution in [0.15, 0.2) is 46.5 Å². The van der Waals surface area contributed by atoms with Crippen molar-refractivity contribution in [3.63, 3.8) is 0 Å². The monoisotopic (exact) mass is 587 g/mol. The van der Waals surface area contributed by atoms with Gasteiger partial charge in [-0.05, 0) is 35.4 Å². The highest BCUT2D eigenvalue weighted by Gasteiger charge is 2.40. The molecule has 8 nitrogen and oxygen atoms in total. The van der Waals surface area contributed by atoms with E-state index < -0.39 is 12.6 Å². The maximum absolute atomic E-state index is 13.8. The van der Waals surface area contributed by atoms with Crippen LogP contribution in [0.4, 0.5) is 5.69 Å². The number of amidine groups is 1. The maximum atomic E-state index is 13.8. The fourth-order valence-corrected chi connectivity index (χ4v) is 5.41. The summed E-state index contributed by atoms with van der Waals surface area (Å²) in [4.78, 5) is 28.9. The van der Waals surface area contributed by atoms with Crippen LogP contribution in [0.3, 0.4) is 0 Å². The van der Waals surface area contributed by atoms with Crippen LogP contribution in [0.25, 0.3) is 0 Å². The van der Waals surface area contributed by atoms with Gasteiger partial charge in [-0.1, -0.05) is 51.1 Å². The minimum absolute atomic E-state index is 0.0452. The van der Waals surface area contributed by atoms with E-state index in [1.54, 1.807) is 13.2 Å². The predicted octanol–water partition coefficient (Wildman–Crippen LogP) is 5.16. The van der Waals surface area contributed by atoms with Gasteiger partial charge in [-0.25, -0.2) is 4.79 Å². The van der Waals surface area contributed by atoms with E-state index in [9.17, 15) is 14.7 Å². The van der Waals surface area contributed by atoms with Gasteiger partial charge in [0.05, 0.1) is 28.4 Å². The van der Waals surface area contributed by atoms with Crippen LogP contribution in [0.2, 0.25) is 0 Å². The predicted molar refractivity (Wildman–Crippen MR) is 154 cm³/mol. The number of ketones is 1. The van der Waals surface area contributed by atoms with E-state index in [0.29, 0.717) is 30.2 Å². The minimum atomic E-state index is -1.05. The normalized spacial score (nSPS) is 18.6. The van der Waals surface area contributed by atoms with Crippen LogP contribution in [0.1, 0.15) is 54.6 Å². The molecule has 1 aliphatic heterocycles. The number of carboxylic acids is 1. The van der Waals surface area contributed by atoms with Gasteiger partial charge in [0.2, 0.25) is 0 Å². The van der Waals surface area contributed by atoms with Crippen LogP contribution < -0.4 is 9.64 Å². The number of anilines is 1. The molecule has 0 radical (unpaired) electrons. The summed E-state index contributed by atoms with van der Waals surface area (Å²) in [5, 5.41) is 9.21. The number of likely N-dealkylation sites (tertiary alicyclic amines) is 1. The van der Waals surface area contributed by atoms with Crippen LogP contribution >= 0.6 is 16.1 Å². The lowest BCUT2D eigenvalue weighted by atomic mass is 9.84. The number of carbonyl (C=O) groups is 2. The Morgan fingerprint density at radius 1 is 1.18 bits per heavy atom. The summed E-state index contributed by atoms with van der Waals surface area (Å²) in [6, 6.07) is 13.9. The lowest BCUT2D eigenvalue weighted by Crippen LogP contribution is -2.32. The third-order valence-electron chi connectivity index (χ3n) is 6.82. The lowest BCUT2D eigenvalue weighted by molar-refractivity contribution is -0.139. The van der Waals surface area contributed by atoms with Gasteiger partial charge in [0.1, 0.15) is 11.6 Å². The number of nitrogens with zero attached hydrogens (tertiary/aromatic N) is 3. The van der Waals surface area contributed by atoms with Crippen molar-refractivity contribution in [3.8, 4) is 5.75 Å². The molecule has 0 amide bonds. The van der Waals surface area contributed by atoms with Crippen molar-refractivity contribution >= 4 is 39.4 Å². The van der Waals surface area contributed by atoms with Crippen LogP contribution in [-0.4, -0.2) is 75.1 Å². The first-order valence-electron chi connectivity index (χ1n) is 12.7. The highest BCUT2D eigenvalue weighted by molar-refractivity contribution is 9.08. The molecule has 1 N–H and O–H groups in total. The molecular formula is C29H38BrN3O5. The molecule has 0 unspecified atom stereocenters. The second-order valence-corrected chi connectivity index (χ2v) is 11.2. The summed E-state index contributed by atoms with van der Waals surface area (Å²) in [5.74, 6) is 0.506. The Morgan fingerprint density at radius 2 is 1.87 bits per heavy atom. The highest BCUT2D eigenvalue weighted by Crippen LogP contribution is 2.41. The lowest BCUT2D eigenvalue weighted by Gasteiger charge is -2.28. The third-order valence-corrected chi connectivity index (χ3v) is 7.19. The number of hydrogen-bond donors (Lipinski definition) is 1. The standard InChI is InChI=1S/C29H38BrN3O5/c1-29(2,3)22-14-21(15-23(32(4)5)27(22)38-18-25(35)36)24(34)17-33-16-20(12-13-37-6)26(28(33)31-30)19-10-8-7-9-11-19/h7-11,14-15,20,26H,12-13,16-18H2,1-6H3,(H,35,36)/t20-,26+/m0/s1. The first-order valence-corrected chi connectivity index (χ1v) is 13.4. The number of Topliss-reactive ketones (excluding diaryl/α,β-unsaturated/α-hetero) is 1. The van der Waals surface area contributed by atoms with Crippen molar-refractivity contribution < 1.29 is 24.2 Å². The number of methoxy groups -OCH3 is 1. The van der Waals surface area contributed by atoms with Crippen LogP contribution in [0, 0.1) is 5.92 Å². The second-order valence-electron chi connectivity index (χ2n) is 10.9. The van der Waals surface area contributed by atoms with Crippen molar-refractivity contribution in [2.45, 2.75) is 38.5 Å². The fourth-order valence-electron chi connectivity index (χ4n) is 4.96. The topological polar surface area (TPSA) is 91.7 Å². The Kier molecular flexibility index (Phi) is 9.95. The van der Waals surface area contributed by atoms with Crippen LogP contribution in [0.5, 0.6) is 5.75 Å². The van der Waals surface area contributed by atoms with Gasteiger partial charge in [0.15, 0.2) is 12.4 Å². The van der Waals surface area contributed by atoms with Crippen LogP contribution in [-0.2, 0) is 14.9 Å². The number of halogens is 1. The molecule has 1 saturated heterocycles. The Morgan fingerprint density at radius 3 is 2.42 bits per heavy atom. The average Bonchev–Trinajstić information content (AvgIpc) is 3.22. The Bertz CT molecular complexity index is 1160. The smallest absolute Gasteiger partial charge is 0.341 e. The highest BCUT2D eigenvalue weighted by atomic mass is 79.9. The second kappa shape index (κ2) is 12.8. The zero-order chi connectivity index (χ0) is 28.0. The number of ether oxygens (including phenoxy) is 2. The molecule has 2 aromatic rings. The molecule has 206 valence electrons. The van der Waals surface area contributed by atoms with Gasteiger partial charge >= 0.3 is 5.97 Å². The molecule has 0 spiro atoms. The number of benzene rings is 2. The SMILES string of the molecule is COCC[C@H]1CN(CC(=O)c2cc(N(C)C)c(OCC(=O)O)c(C(C)(C)C)c2)C(=NBr)[C@@H]1c1ccccc1. The molecule has 0 bridgehead atoms. The summed E-state index contributed by atoms with van der Waals surface area (Å²) in [5.41, 5.74) is 2.77. The molecular weight excluding hydrogens is 550 g/mol. The number of carbonyl (C=O) groups excluding carboxylic acids is 1. The summed E-state index contributed by atoms with van der Waals surface area (Å²) in [7, 11) is 5.40. The molecule has 2 aromatic carbocycles. The summed E-state index contributed by atoms with van der Waals surface area (Å²) in [6.07, 6.45) is 0.849. The molecule has 9 heteroatoms. The molecule has 1 fully saturated rings. The minimum Gasteiger partial charge on any atom is -0.479 e. The van der Waals surface area contributed by atoms with Gasteiger partial charge in [-0.2, -0.15) is 4.02 Å². The molecule has 2 atom stereocenters. The molecule has 1 heterocycles. The Balaban J connectivity index is 1.97. The zero-order valence-electron chi connectivity index (χ0n) is 23.0. The largest absolute Gasteiger partial charge is 0.479 e. The van der Waals surface area contributed by atoms with Gasteiger partial charge < -0.3 is 24.4 Å². The van der Waals surface area contributed by atoms with Gasteiger partial charge in [0.25, 0.3) is 0 Å². The molecule has 0 aromatic heterocycles. The first kappa shape index (κ1) is 29.6. The maximum Gasteiger partial charge on any atom is 0.341 e. The fraction of sp³-hybridized carbons (Fsp3) is 0.483. The van der Waals surface area contributed by atoms with Crippen molar-refractivity contribution in [2.24, 2.45) is 9.94 Å². The van der Waals surface area contributed by atoms with E-state index in [2.05, 4.69) is 37.2 Å². The van der Waals surface area contributed by atoms with Crippen molar-refractivity contribution in [1.82, 2.24) is 4.90 Å². The average molecular weight is 589 g/mol. The van der Waals surface area contributed by atoms with E-state index in [-0.39, 0.29) is 29.6 Å². The quantitative estimate of drug-likeness (QED) is 0.363. The van der Waals surface area contributed by atoms with Gasteiger partial charge in [-0.15, -0.1) is 0 Å². The molecule has 0 aliphatic carbocycles. The summed E-state index contributed by atoms with van der Waals surface area (Å²) in [6.45, 7) is 7.08. The van der Waals surface area contributed by atoms with Crippen molar-refractivity contribution in [2.75, 3.05) is 52.4 Å². The Labute approximate surface area is 234 Å². The molecule has 1 aliphatic rings. The van der Waals surface area contributed by atoms with E-state index in [0.717, 1.165) is 23.4 Å². The summed E-state index contributed by atoms with van der Waals surface area (Å²) >= 11 is 3.34. The van der Waals surface area contributed by atoms with E-state index in [1.165, 1.54) is 0 Å². The molecule has 3 rings (SSSR count). The number of carboxylic acid groups (broad SMARTS) is 1. The van der Waals surface area contributed by atoms with Crippen molar-refractivity contribution in [1.29, 1.82) is 0 Å². The number of rotatable bonds is 11. The zero-order valence-corrected chi connectivity index (χ0v) is 24.6. The summed E-state index contributed by atoms with van der Waals surface area (Å²) < 4.78 is 15.6. The van der Waals surface area contributed by atoms with Gasteiger partial charge in [-0.3, -0.25) is 4.79 Å². The number of hydrogen-bond acceptors (Lipinski definition) is 6. The van der Waals surface area contributed by atoms with E-state index in [1.807, 2.05) is 64.0 Å². The van der Waals surface area contributed by atoms with Crippen molar-refractivity contribution in [3.05, 3.63) is 59.2 Å². The third kappa shape index (κ3) is 6.94. The first-order chi connectivity index (χ1) is 18.0. The Hall–Kier alpha value is -2.91. The molecule has 0 saturated carbocycles. The van der Waals surface area contributed by atoms with E-state index in [4.69, 9.17) is 9.47 Å². The van der Waals surface area contributed by atoms with E-state index >= 15 is 0 Å². The molecule has 38 heavy (non-hydrogen) atoms. The number of aliphatic carboxylic acids is 1. The van der Waals surface area contributed by atoms with Gasteiger partial charge in [0, 0.05) is 51.4 Å².